The first kappa shape index (κ1) is 15.7. The second-order valence-electron chi connectivity index (χ2n) is 4.34. The summed E-state index contributed by atoms with van der Waals surface area (Å²) in [5.41, 5.74) is 0.356. The average molecular weight is 328 g/mol. The molecule has 112 valence electrons. The van der Waals surface area contributed by atoms with E-state index in [4.69, 9.17) is 27.9 Å². The predicted octanol–water partition coefficient (Wildman–Crippen LogP) is 3.37. The van der Waals surface area contributed by atoms with Gasteiger partial charge in [-0.25, -0.2) is 4.68 Å². The maximum absolute atomic E-state index is 11.7. The maximum Gasteiger partial charge on any atom is 0.271 e. The lowest BCUT2D eigenvalue weighted by molar-refractivity contribution is 0.0946. The molecule has 0 aliphatic carbocycles. The van der Waals surface area contributed by atoms with Gasteiger partial charge in [0.15, 0.2) is 6.73 Å². The molecule has 5 nitrogen and oxygen atoms in total. The van der Waals surface area contributed by atoms with Crippen LogP contribution in [0.5, 0.6) is 5.75 Å². The minimum atomic E-state index is -0.194. The summed E-state index contributed by atoms with van der Waals surface area (Å²) >= 11 is 11.8. The van der Waals surface area contributed by atoms with E-state index in [2.05, 4.69) is 10.4 Å². The molecule has 0 radical (unpaired) electrons. The van der Waals surface area contributed by atoms with Gasteiger partial charge in [-0.2, -0.15) is 5.10 Å². The van der Waals surface area contributed by atoms with Gasteiger partial charge >= 0.3 is 0 Å². The standard InChI is InChI=1S/C14H15Cl2N3O2/c1-2-6-17-14(20)12-5-7-19(18-12)9-21-13-4-3-10(15)8-11(13)16/h3-5,7-8H,2,6,9H2,1H3,(H,17,20). The van der Waals surface area contributed by atoms with Crippen molar-refractivity contribution in [3.8, 4) is 5.75 Å². The van der Waals surface area contributed by atoms with E-state index >= 15 is 0 Å². The van der Waals surface area contributed by atoms with Crippen LogP contribution in [-0.4, -0.2) is 22.2 Å². The first-order valence-corrected chi connectivity index (χ1v) is 7.25. The highest BCUT2D eigenvalue weighted by molar-refractivity contribution is 6.35. The van der Waals surface area contributed by atoms with Crippen LogP contribution in [0.4, 0.5) is 0 Å². The molecule has 1 aromatic carbocycles. The molecule has 1 amide bonds. The lowest BCUT2D eigenvalue weighted by Crippen LogP contribution is -2.24. The third-order valence-electron chi connectivity index (χ3n) is 2.66. The number of halogens is 2. The smallest absolute Gasteiger partial charge is 0.271 e. The zero-order valence-electron chi connectivity index (χ0n) is 11.5. The quantitative estimate of drug-likeness (QED) is 0.884. The number of rotatable bonds is 6. The highest BCUT2D eigenvalue weighted by Gasteiger charge is 2.09. The van der Waals surface area contributed by atoms with Crippen molar-refractivity contribution in [2.24, 2.45) is 0 Å². The number of nitrogens with zero attached hydrogens (tertiary/aromatic N) is 2. The summed E-state index contributed by atoms with van der Waals surface area (Å²) in [5.74, 6) is 0.314. The van der Waals surface area contributed by atoms with Crippen LogP contribution < -0.4 is 10.1 Å². The first-order valence-electron chi connectivity index (χ1n) is 6.49. The minimum Gasteiger partial charge on any atom is -0.470 e. The minimum absolute atomic E-state index is 0.155. The van der Waals surface area contributed by atoms with Crippen LogP contribution >= 0.6 is 23.2 Å². The van der Waals surface area contributed by atoms with Gasteiger partial charge in [-0.1, -0.05) is 30.1 Å². The lowest BCUT2D eigenvalue weighted by atomic mass is 10.3. The fourth-order valence-corrected chi connectivity index (χ4v) is 2.07. The van der Waals surface area contributed by atoms with Crippen LogP contribution in [0.3, 0.4) is 0 Å². The molecule has 0 bridgehead atoms. The molecule has 1 aromatic heterocycles. The molecule has 1 heterocycles. The van der Waals surface area contributed by atoms with Crippen LogP contribution in [0.15, 0.2) is 30.5 Å². The number of aromatic nitrogens is 2. The van der Waals surface area contributed by atoms with E-state index in [1.165, 1.54) is 4.68 Å². The van der Waals surface area contributed by atoms with Gasteiger partial charge in [0.1, 0.15) is 11.4 Å². The Morgan fingerprint density at radius 1 is 1.38 bits per heavy atom. The fourth-order valence-electron chi connectivity index (χ4n) is 1.61. The number of nitrogens with one attached hydrogen (secondary N) is 1. The van der Waals surface area contributed by atoms with Gasteiger partial charge in [0.2, 0.25) is 0 Å². The molecule has 0 atom stereocenters. The van der Waals surface area contributed by atoms with E-state index < -0.39 is 0 Å². The maximum atomic E-state index is 11.7. The molecule has 0 unspecified atom stereocenters. The topological polar surface area (TPSA) is 56.2 Å². The number of benzene rings is 1. The molecular formula is C14H15Cl2N3O2. The zero-order valence-corrected chi connectivity index (χ0v) is 13.0. The largest absolute Gasteiger partial charge is 0.470 e. The van der Waals surface area contributed by atoms with Crippen LogP contribution in [-0.2, 0) is 6.73 Å². The number of amides is 1. The van der Waals surface area contributed by atoms with E-state index in [1.807, 2.05) is 6.92 Å². The first-order chi connectivity index (χ1) is 10.1. The van der Waals surface area contributed by atoms with Crippen molar-refractivity contribution in [2.45, 2.75) is 20.1 Å². The number of ether oxygens (including phenoxy) is 1. The highest BCUT2D eigenvalue weighted by atomic mass is 35.5. The van der Waals surface area contributed by atoms with Crippen LogP contribution in [0.2, 0.25) is 10.0 Å². The van der Waals surface area contributed by atoms with E-state index in [0.29, 0.717) is 28.0 Å². The lowest BCUT2D eigenvalue weighted by Gasteiger charge is -2.08. The van der Waals surface area contributed by atoms with Gasteiger partial charge in [-0.3, -0.25) is 4.79 Å². The van der Waals surface area contributed by atoms with Gasteiger partial charge in [-0.15, -0.1) is 0 Å². The molecule has 0 spiro atoms. The summed E-state index contributed by atoms with van der Waals surface area (Å²) in [6.07, 6.45) is 2.55. The van der Waals surface area contributed by atoms with Gasteiger partial charge in [0, 0.05) is 17.8 Å². The number of carbonyl (C=O) groups is 1. The van der Waals surface area contributed by atoms with Crippen molar-refractivity contribution in [2.75, 3.05) is 6.54 Å². The fraction of sp³-hybridized carbons (Fsp3) is 0.286. The van der Waals surface area contributed by atoms with Crippen molar-refractivity contribution >= 4 is 29.1 Å². The molecule has 2 aromatic rings. The molecule has 0 saturated heterocycles. The van der Waals surface area contributed by atoms with Gasteiger partial charge < -0.3 is 10.1 Å². The molecule has 0 saturated carbocycles. The second-order valence-corrected chi connectivity index (χ2v) is 5.19. The molecule has 0 aliphatic heterocycles. The summed E-state index contributed by atoms with van der Waals surface area (Å²) in [6, 6.07) is 6.61. The van der Waals surface area contributed by atoms with Crippen LogP contribution in [0, 0.1) is 0 Å². The number of hydrogen-bond acceptors (Lipinski definition) is 3. The third kappa shape index (κ3) is 4.37. The van der Waals surface area contributed by atoms with Crippen LogP contribution in [0.25, 0.3) is 0 Å². The molecule has 7 heteroatoms. The van der Waals surface area contributed by atoms with Crippen molar-refractivity contribution < 1.29 is 9.53 Å². The normalized spacial score (nSPS) is 10.4. The zero-order chi connectivity index (χ0) is 15.2. The average Bonchev–Trinajstić information content (AvgIpc) is 2.93. The molecule has 0 aliphatic rings. The molecule has 1 N–H and O–H groups in total. The Hall–Kier alpha value is -1.72. The summed E-state index contributed by atoms with van der Waals surface area (Å²) in [5, 5.41) is 7.86. The second kappa shape index (κ2) is 7.33. The van der Waals surface area contributed by atoms with Crippen molar-refractivity contribution in [1.29, 1.82) is 0 Å². The third-order valence-corrected chi connectivity index (χ3v) is 3.19. The van der Waals surface area contributed by atoms with E-state index in [-0.39, 0.29) is 12.6 Å². The van der Waals surface area contributed by atoms with Gasteiger partial charge in [0.05, 0.1) is 5.02 Å². The molecule has 0 fully saturated rings. The Morgan fingerprint density at radius 2 is 2.19 bits per heavy atom. The van der Waals surface area contributed by atoms with Gasteiger partial charge in [0.25, 0.3) is 5.91 Å². The highest BCUT2D eigenvalue weighted by Crippen LogP contribution is 2.27. The van der Waals surface area contributed by atoms with E-state index in [1.54, 1.807) is 30.5 Å². The van der Waals surface area contributed by atoms with E-state index in [0.717, 1.165) is 6.42 Å². The van der Waals surface area contributed by atoms with Crippen molar-refractivity contribution in [3.05, 3.63) is 46.2 Å². The Kier molecular flexibility index (Phi) is 5.47. The summed E-state index contributed by atoms with van der Waals surface area (Å²) in [6.45, 7) is 2.77. The van der Waals surface area contributed by atoms with Crippen molar-refractivity contribution in [1.82, 2.24) is 15.1 Å². The Morgan fingerprint density at radius 3 is 2.90 bits per heavy atom. The number of carbonyl (C=O) groups excluding carboxylic acids is 1. The summed E-state index contributed by atoms with van der Waals surface area (Å²) < 4.78 is 7.05. The Balaban J connectivity index is 1.95. The van der Waals surface area contributed by atoms with Crippen molar-refractivity contribution in [3.63, 3.8) is 0 Å². The van der Waals surface area contributed by atoms with Gasteiger partial charge in [-0.05, 0) is 30.7 Å². The Bertz CT molecular complexity index is 628. The number of hydrogen-bond donors (Lipinski definition) is 1. The van der Waals surface area contributed by atoms with E-state index in [9.17, 15) is 4.79 Å². The molecular weight excluding hydrogens is 313 g/mol. The molecule has 2 rings (SSSR count). The summed E-state index contributed by atoms with van der Waals surface area (Å²) in [4.78, 5) is 11.7. The molecule has 21 heavy (non-hydrogen) atoms. The Labute approximate surface area is 132 Å². The summed E-state index contributed by atoms with van der Waals surface area (Å²) in [7, 11) is 0. The monoisotopic (exact) mass is 327 g/mol. The SMILES string of the molecule is CCCNC(=O)c1ccn(COc2ccc(Cl)cc2Cl)n1. The van der Waals surface area contributed by atoms with Crippen LogP contribution in [0.1, 0.15) is 23.8 Å². The predicted molar refractivity (Wildman–Crippen MR) is 81.9 cm³/mol.